The highest BCUT2D eigenvalue weighted by Crippen LogP contribution is 2.45. The molecule has 2 aromatic carbocycles. The van der Waals surface area contributed by atoms with E-state index >= 15 is 0 Å². The first-order valence-electron chi connectivity index (χ1n) is 11.1. The van der Waals surface area contributed by atoms with Gasteiger partial charge < -0.3 is 15.2 Å². The first-order chi connectivity index (χ1) is 16.4. The van der Waals surface area contributed by atoms with Crippen molar-refractivity contribution < 1.29 is 24.2 Å². The molecule has 2 aliphatic carbocycles. The number of rotatable bonds is 7. The molecule has 0 radical (unpaired) electrons. The van der Waals surface area contributed by atoms with Gasteiger partial charge >= 0.3 is 12.1 Å². The first-order valence-corrected chi connectivity index (χ1v) is 11.1. The van der Waals surface area contributed by atoms with Crippen LogP contribution in [0.5, 0.6) is 0 Å². The Morgan fingerprint density at radius 2 is 1.71 bits per heavy atom. The minimum Gasteiger partial charge on any atom is -0.481 e. The highest BCUT2D eigenvalue weighted by molar-refractivity contribution is 6.01. The smallest absolute Gasteiger partial charge is 0.412 e. The van der Waals surface area contributed by atoms with Gasteiger partial charge in [-0.2, -0.15) is 5.10 Å². The minimum atomic E-state index is -0.920. The maximum Gasteiger partial charge on any atom is 0.412 e. The summed E-state index contributed by atoms with van der Waals surface area (Å²) in [6.45, 7) is 0.163. The molecule has 2 aliphatic rings. The highest BCUT2D eigenvalue weighted by Gasteiger charge is 2.50. The Kier molecular flexibility index (Phi) is 5.31. The Balaban J connectivity index is 1.25. The van der Waals surface area contributed by atoms with E-state index in [4.69, 9.17) is 4.74 Å². The Morgan fingerprint density at radius 3 is 2.29 bits per heavy atom. The van der Waals surface area contributed by atoms with Crippen LogP contribution < -0.4 is 10.6 Å². The monoisotopic (exact) mass is 460 g/mol. The summed E-state index contributed by atoms with van der Waals surface area (Å²) in [4.78, 5) is 36.6. The van der Waals surface area contributed by atoms with Gasteiger partial charge in [-0.3, -0.25) is 19.6 Å². The summed E-state index contributed by atoms with van der Waals surface area (Å²) in [7, 11) is 1.62. The average molecular weight is 460 g/mol. The number of fused-ring (bicyclic) bond motifs is 3. The van der Waals surface area contributed by atoms with E-state index in [-0.39, 0.29) is 30.5 Å². The standard InChI is InChI=1S/C25H24N4O5/c1-29-12-19(22(30)26-14-25(10-11-25)23(31)32)21(28-29)27-24(33)34-13-20-17-8-4-2-6-15(17)16-7-3-5-9-18(16)20/h2-9,12,20H,10-11,13-14H2,1H3,(H,26,30)(H,31,32)(H,27,28,33). The molecule has 2 amide bonds. The van der Waals surface area contributed by atoms with Crippen LogP contribution in [0.25, 0.3) is 11.1 Å². The minimum absolute atomic E-state index is 0.0282. The maximum atomic E-state index is 12.6. The van der Waals surface area contributed by atoms with Gasteiger partial charge in [-0.25, -0.2) is 4.79 Å². The lowest BCUT2D eigenvalue weighted by Gasteiger charge is -2.14. The van der Waals surface area contributed by atoms with E-state index < -0.39 is 23.4 Å². The molecule has 1 saturated carbocycles. The van der Waals surface area contributed by atoms with Gasteiger partial charge in [-0.1, -0.05) is 48.5 Å². The number of aliphatic carboxylic acids is 1. The van der Waals surface area contributed by atoms with Crippen LogP contribution in [0.2, 0.25) is 0 Å². The van der Waals surface area contributed by atoms with E-state index in [2.05, 4.69) is 27.9 Å². The Bertz CT molecular complexity index is 1250. The van der Waals surface area contributed by atoms with E-state index in [1.54, 1.807) is 7.05 Å². The zero-order chi connectivity index (χ0) is 23.9. The molecular formula is C25H24N4O5. The van der Waals surface area contributed by atoms with Gasteiger partial charge in [0, 0.05) is 25.7 Å². The molecule has 9 nitrogen and oxygen atoms in total. The number of carboxylic acid groups (broad SMARTS) is 1. The third-order valence-corrected chi connectivity index (χ3v) is 6.53. The van der Waals surface area contributed by atoms with E-state index in [9.17, 15) is 19.5 Å². The number of amides is 2. The fourth-order valence-corrected chi connectivity index (χ4v) is 4.44. The van der Waals surface area contributed by atoms with Crippen molar-refractivity contribution >= 4 is 23.8 Å². The summed E-state index contributed by atoms with van der Waals surface area (Å²) in [5, 5.41) is 18.6. The van der Waals surface area contributed by atoms with Gasteiger partial charge in [0.25, 0.3) is 5.91 Å². The molecule has 0 spiro atoms. The van der Waals surface area contributed by atoms with Crippen molar-refractivity contribution in [2.24, 2.45) is 12.5 Å². The predicted octanol–water partition coefficient (Wildman–Crippen LogP) is 3.38. The number of ether oxygens (including phenoxy) is 1. The van der Waals surface area contributed by atoms with Crippen molar-refractivity contribution in [1.29, 1.82) is 0 Å². The molecule has 3 aromatic rings. The average Bonchev–Trinajstić information content (AvgIpc) is 3.45. The lowest BCUT2D eigenvalue weighted by atomic mass is 9.98. The van der Waals surface area contributed by atoms with Gasteiger partial charge in [0.05, 0.1) is 5.41 Å². The third kappa shape index (κ3) is 3.89. The predicted molar refractivity (Wildman–Crippen MR) is 124 cm³/mol. The van der Waals surface area contributed by atoms with Gasteiger partial charge in [0.2, 0.25) is 0 Å². The van der Waals surface area contributed by atoms with Crippen molar-refractivity contribution in [1.82, 2.24) is 15.1 Å². The van der Waals surface area contributed by atoms with Crippen LogP contribution in [-0.4, -0.2) is 46.0 Å². The number of carbonyl (C=O) groups excluding carboxylic acids is 2. The number of anilines is 1. The quantitative estimate of drug-likeness (QED) is 0.497. The molecule has 0 unspecified atom stereocenters. The summed E-state index contributed by atoms with van der Waals surface area (Å²) in [5.74, 6) is -1.46. The second-order valence-electron chi connectivity index (χ2n) is 8.78. The number of carboxylic acids is 1. The van der Waals surface area contributed by atoms with Crippen LogP contribution in [0.15, 0.2) is 54.7 Å². The number of nitrogens with one attached hydrogen (secondary N) is 2. The number of nitrogens with zero attached hydrogens (tertiary/aromatic N) is 2. The summed E-state index contributed by atoms with van der Waals surface area (Å²) in [6.07, 6.45) is 1.80. The largest absolute Gasteiger partial charge is 0.481 e. The second-order valence-corrected chi connectivity index (χ2v) is 8.78. The lowest BCUT2D eigenvalue weighted by molar-refractivity contribution is -0.143. The number of hydrogen-bond acceptors (Lipinski definition) is 5. The van der Waals surface area contributed by atoms with E-state index in [0.29, 0.717) is 12.8 Å². The van der Waals surface area contributed by atoms with Crippen LogP contribution in [0, 0.1) is 5.41 Å². The second kappa shape index (κ2) is 8.33. The number of carbonyl (C=O) groups is 3. The molecule has 1 heterocycles. The van der Waals surface area contributed by atoms with E-state index in [0.717, 1.165) is 22.3 Å². The zero-order valence-electron chi connectivity index (χ0n) is 18.6. The zero-order valence-corrected chi connectivity index (χ0v) is 18.6. The molecule has 3 N–H and O–H groups in total. The van der Waals surface area contributed by atoms with Gasteiger partial charge in [0.1, 0.15) is 12.2 Å². The fourth-order valence-electron chi connectivity index (χ4n) is 4.44. The topological polar surface area (TPSA) is 123 Å². The molecule has 1 aromatic heterocycles. The molecule has 34 heavy (non-hydrogen) atoms. The summed E-state index contributed by atoms with van der Waals surface area (Å²) in [6, 6.07) is 16.1. The van der Waals surface area contributed by atoms with E-state index in [1.807, 2.05) is 36.4 Å². The number of aromatic nitrogens is 2. The Hall–Kier alpha value is -4.14. The first kappa shape index (κ1) is 21.7. The lowest BCUT2D eigenvalue weighted by Crippen LogP contribution is -2.34. The van der Waals surface area contributed by atoms with Crippen LogP contribution >= 0.6 is 0 Å². The number of aryl methyl sites for hydroxylation is 1. The molecule has 0 bridgehead atoms. The molecule has 0 atom stereocenters. The van der Waals surface area contributed by atoms with Crippen LogP contribution in [0.3, 0.4) is 0 Å². The van der Waals surface area contributed by atoms with Gasteiger partial charge in [0.15, 0.2) is 5.82 Å². The molecule has 0 aliphatic heterocycles. The van der Waals surface area contributed by atoms with Crippen LogP contribution in [0.1, 0.15) is 40.2 Å². The molecule has 0 saturated heterocycles. The van der Waals surface area contributed by atoms with Crippen LogP contribution in [0.4, 0.5) is 10.6 Å². The molecule has 5 rings (SSSR count). The molecular weight excluding hydrogens is 436 g/mol. The fraction of sp³-hybridized carbons (Fsp3) is 0.280. The van der Waals surface area contributed by atoms with Gasteiger partial charge in [-0.15, -0.1) is 0 Å². The van der Waals surface area contributed by atoms with Gasteiger partial charge in [-0.05, 0) is 35.1 Å². The molecule has 9 heteroatoms. The maximum absolute atomic E-state index is 12.6. The number of benzene rings is 2. The summed E-state index contributed by atoms with van der Waals surface area (Å²) < 4.78 is 6.94. The summed E-state index contributed by atoms with van der Waals surface area (Å²) in [5.41, 5.74) is 3.70. The van der Waals surface area contributed by atoms with Crippen molar-refractivity contribution in [2.45, 2.75) is 18.8 Å². The molecule has 1 fully saturated rings. The third-order valence-electron chi connectivity index (χ3n) is 6.53. The SMILES string of the molecule is Cn1cc(C(=O)NCC2(C(=O)O)CC2)c(NC(=O)OCC2c3ccccc3-c3ccccc32)n1. The normalized spacial score (nSPS) is 15.2. The van der Waals surface area contributed by atoms with Crippen LogP contribution in [-0.2, 0) is 16.6 Å². The van der Waals surface area contributed by atoms with Crippen molar-refractivity contribution in [2.75, 3.05) is 18.5 Å². The van der Waals surface area contributed by atoms with E-state index in [1.165, 1.54) is 10.9 Å². The Morgan fingerprint density at radius 1 is 1.09 bits per heavy atom. The summed E-state index contributed by atoms with van der Waals surface area (Å²) >= 11 is 0. The molecule has 174 valence electrons. The van der Waals surface area contributed by atoms with Crippen molar-refractivity contribution in [3.8, 4) is 11.1 Å². The number of hydrogen-bond donors (Lipinski definition) is 3. The van der Waals surface area contributed by atoms with Crippen molar-refractivity contribution in [3.05, 3.63) is 71.4 Å². The highest BCUT2D eigenvalue weighted by atomic mass is 16.5. The Labute approximate surface area is 195 Å². The van der Waals surface area contributed by atoms with Crippen molar-refractivity contribution in [3.63, 3.8) is 0 Å².